The minimum absolute atomic E-state index is 0.182. The van der Waals surface area contributed by atoms with Crippen molar-refractivity contribution in [2.45, 2.75) is 62.4 Å². The van der Waals surface area contributed by atoms with E-state index in [-0.39, 0.29) is 11.7 Å². The van der Waals surface area contributed by atoms with Crippen LogP contribution in [0.2, 0.25) is 0 Å². The number of nitrogens with one attached hydrogen (secondary N) is 1. The molecule has 2 heterocycles. The summed E-state index contributed by atoms with van der Waals surface area (Å²) in [7, 11) is 0. The fraction of sp³-hybridized carbons (Fsp3) is 0.333. The molecular formula is C33H33IN6O6. The number of imidazole rings is 1. The van der Waals surface area contributed by atoms with E-state index in [1.807, 2.05) is 66.1 Å². The molecule has 1 N–H and O–H groups in total. The molecule has 6 rings (SSSR count). The molecule has 1 aliphatic carbocycles. The van der Waals surface area contributed by atoms with Crippen molar-refractivity contribution in [3.8, 4) is 28.5 Å². The third-order valence-corrected chi connectivity index (χ3v) is 8.14. The zero-order chi connectivity index (χ0) is 32.1. The van der Waals surface area contributed by atoms with Gasteiger partial charge >= 0.3 is 15.9 Å². The summed E-state index contributed by atoms with van der Waals surface area (Å²) >= 11 is 1.78. The highest BCUT2D eigenvalue weighted by atomic mass is 127. The van der Waals surface area contributed by atoms with Crippen molar-refractivity contribution in [2.24, 2.45) is 0 Å². The molecular weight excluding hydrogens is 703 g/mol. The Bertz CT molecular complexity index is 1820. The third-order valence-electron chi connectivity index (χ3n) is 7.70. The predicted molar refractivity (Wildman–Crippen MR) is 177 cm³/mol. The minimum atomic E-state index is -1.59. The summed E-state index contributed by atoms with van der Waals surface area (Å²) in [5.74, 6) is -0.162. The summed E-state index contributed by atoms with van der Waals surface area (Å²) in [4.78, 5) is 30.8. The Hall–Kier alpha value is -4.53. The van der Waals surface area contributed by atoms with Crippen molar-refractivity contribution in [3.05, 3.63) is 77.9 Å². The van der Waals surface area contributed by atoms with E-state index < -0.39 is 15.9 Å². The molecule has 46 heavy (non-hydrogen) atoms. The van der Waals surface area contributed by atoms with Gasteiger partial charge in [-0.05, 0) is 66.6 Å². The fourth-order valence-corrected chi connectivity index (χ4v) is 6.01. The van der Waals surface area contributed by atoms with Crippen LogP contribution in [0.1, 0.15) is 61.9 Å². The molecule has 0 saturated heterocycles. The van der Waals surface area contributed by atoms with Gasteiger partial charge in [0.2, 0.25) is 5.82 Å². The molecule has 1 aliphatic rings. The first kappa shape index (κ1) is 31.5. The van der Waals surface area contributed by atoms with Crippen molar-refractivity contribution >= 4 is 45.7 Å². The van der Waals surface area contributed by atoms with Gasteiger partial charge in [-0.25, -0.2) is 9.59 Å². The third kappa shape index (κ3) is 7.14. The molecule has 3 aromatic carbocycles. The van der Waals surface area contributed by atoms with E-state index in [4.69, 9.17) is 18.9 Å². The smallest absolute Gasteiger partial charge is 0.465 e. The number of hydrogen-bond acceptors (Lipinski definition) is 10. The van der Waals surface area contributed by atoms with Gasteiger partial charge < -0.3 is 18.9 Å². The molecule has 0 bridgehead atoms. The largest absolute Gasteiger partial charge is 0.512 e. The second-order valence-corrected chi connectivity index (χ2v) is 13.0. The fourth-order valence-electron chi connectivity index (χ4n) is 5.63. The van der Waals surface area contributed by atoms with E-state index >= 15 is 0 Å². The molecule has 0 amide bonds. The second-order valence-electron chi connectivity index (χ2n) is 11.0. The number of tetrazole rings is 1. The SMILES string of the molecule is CCOc1nc2cccc(C(=O)OC(C)(I)OC(=O)OC3CCCCC3)c2n1Cc1ccc(-c2ccccc2-c2nn[nH]n2)cc1. The van der Waals surface area contributed by atoms with Crippen molar-refractivity contribution in [2.75, 3.05) is 6.61 Å². The number of para-hydroxylation sites is 1. The normalized spacial score (nSPS) is 14.8. The molecule has 13 heteroatoms. The maximum atomic E-state index is 13.6. The van der Waals surface area contributed by atoms with Crippen LogP contribution in [0.15, 0.2) is 66.7 Å². The van der Waals surface area contributed by atoms with E-state index in [1.54, 1.807) is 34.7 Å². The van der Waals surface area contributed by atoms with Gasteiger partial charge in [-0.2, -0.15) is 10.2 Å². The minimum Gasteiger partial charge on any atom is -0.465 e. The summed E-state index contributed by atoms with van der Waals surface area (Å²) < 4.78 is 22.7. The Morgan fingerprint density at radius 1 is 0.978 bits per heavy atom. The molecule has 0 spiro atoms. The maximum Gasteiger partial charge on any atom is 0.512 e. The number of aromatic nitrogens is 6. The molecule has 238 valence electrons. The van der Waals surface area contributed by atoms with Crippen LogP contribution in [0.3, 0.4) is 0 Å². The Morgan fingerprint density at radius 3 is 2.46 bits per heavy atom. The zero-order valence-corrected chi connectivity index (χ0v) is 27.6. The van der Waals surface area contributed by atoms with E-state index in [2.05, 4.69) is 25.6 Å². The Morgan fingerprint density at radius 2 is 1.74 bits per heavy atom. The number of esters is 1. The van der Waals surface area contributed by atoms with E-state index in [0.29, 0.717) is 36.0 Å². The monoisotopic (exact) mass is 736 g/mol. The average molecular weight is 737 g/mol. The second kappa shape index (κ2) is 13.8. The van der Waals surface area contributed by atoms with Gasteiger partial charge in [0, 0.05) is 35.1 Å². The number of carbonyl (C=O) groups excluding carboxylic acids is 2. The van der Waals surface area contributed by atoms with E-state index in [1.165, 1.54) is 6.92 Å². The predicted octanol–water partition coefficient (Wildman–Crippen LogP) is 7.08. The lowest BCUT2D eigenvalue weighted by Gasteiger charge is -2.26. The lowest BCUT2D eigenvalue weighted by Crippen LogP contribution is -2.33. The molecule has 0 radical (unpaired) electrons. The number of H-pyrrole nitrogens is 1. The lowest BCUT2D eigenvalue weighted by atomic mass is 9.98. The van der Waals surface area contributed by atoms with Crippen LogP contribution < -0.4 is 4.74 Å². The van der Waals surface area contributed by atoms with E-state index in [0.717, 1.165) is 54.4 Å². The Labute approximate surface area is 278 Å². The molecule has 12 nitrogen and oxygen atoms in total. The van der Waals surface area contributed by atoms with Crippen LogP contribution in [0.25, 0.3) is 33.5 Å². The number of benzene rings is 3. The highest BCUT2D eigenvalue weighted by molar-refractivity contribution is 14.1. The van der Waals surface area contributed by atoms with Crippen molar-refractivity contribution in [1.82, 2.24) is 30.2 Å². The number of nitrogens with zero attached hydrogens (tertiary/aromatic N) is 5. The van der Waals surface area contributed by atoms with Crippen molar-refractivity contribution in [1.29, 1.82) is 0 Å². The average Bonchev–Trinajstić information content (AvgIpc) is 3.70. The number of fused-ring (bicyclic) bond motifs is 1. The van der Waals surface area contributed by atoms with Gasteiger partial charge in [-0.15, -0.1) is 10.2 Å². The van der Waals surface area contributed by atoms with Crippen LogP contribution in [0, 0.1) is 0 Å². The number of alkyl halides is 1. The van der Waals surface area contributed by atoms with E-state index in [9.17, 15) is 9.59 Å². The van der Waals surface area contributed by atoms with Gasteiger partial charge in [0.15, 0.2) is 0 Å². The Kier molecular flexibility index (Phi) is 9.47. The number of aromatic amines is 1. The summed E-state index contributed by atoms with van der Waals surface area (Å²) in [6.45, 7) is 4.13. The Balaban J connectivity index is 1.24. The quantitative estimate of drug-likeness (QED) is 0.0684. The highest BCUT2D eigenvalue weighted by Gasteiger charge is 2.34. The van der Waals surface area contributed by atoms with Crippen LogP contribution in [0.5, 0.6) is 6.01 Å². The lowest BCUT2D eigenvalue weighted by molar-refractivity contribution is -0.102. The number of halogens is 1. The number of ether oxygens (including phenoxy) is 4. The molecule has 2 aromatic heterocycles. The summed E-state index contributed by atoms with van der Waals surface area (Å²) in [6.07, 6.45) is 3.71. The van der Waals surface area contributed by atoms with Crippen LogP contribution in [-0.4, -0.2) is 58.8 Å². The van der Waals surface area contributed by atoms with Crippen molar-refractivity contribution in [3.63, 3.8) is 0 Å². The van der Waals surface area contributed by atoms with Crippen LogP contribution in [0.4, 0.5) is 4.79 Å². The molecule has 0 aliphatic heterocycles. The summed E-state index contributed by atoms with van der Waals surface area (Å²) in [6, 6.07) is 21.5. The van der Waals surface area contributed by atoms with Gasteiger partial charge in [-0.1, -0.05) is 61.0 Å². The number of carbonyl (C=O) groups is 2. The molecule has 5 aromatic rings. The molecule has 1 unspecified atom stereocenters. The number of hydrogen-bond donors (Lipinski definition) is 1. The summed E-state index contributed by atoms with van der Waals surface area (Å²) in [5.41, 5.74) is 5.13. The van der Waals surface area contributed by atoms with Crippen molar-refractivity contribution < 1.29 is 28.5 Å². The molecule has 1 fully saturated rings. The van der Waals surface area contributed by atoms with Gasteiger partial charge in [0.25, 0.3) is 6.01 Å². The van der Waals surface area contributed by atoms with Crippen LogP contribution in [-0.2, 0) is 20.8 Å². The zero-order valence-electron chi connectivity index (χ0n) is 25.4. The highest BCUT2D eigenvalue weighted by Crippen LogP contribution is 2.32. The standard InChI is InChI=1S/C33H33IN6O6/c1-3-43-31-35-27-15-9-14-26(30(41)45-33(2,34)46-32(42)44-23-10-5-4-6-11-23)28(27)40(31)20-21-16-18-22(19-17-21)24-12-7-8-13-25(24)29-36-38-39-37-29/h7-9,12-19,23H,3-6,10-11,20H2,1-2H3,(H,36,37,38,39). The van der Waals surface area contributed by atoms with Gasteiger partial charge in [0.05, 0.1) is 29.7 Å². The first-order valence-corrected chi connectivity index (χ1v) is 16.3. The maximum absolute atomic E-state index is 13.6. The molecule has 1 atom stereocenters. The first-order chi connectivity index (χ1) is 22.3. The first-order valence-electron chi connectivity index (χ1n) is 15.2. The van der Waals surface area contributed by atoms with Crippen LogP contribution >= 0.6 is 22.6 Å². The van der Waals surface area contributed by atoms with Gasteiger partial charge in [0.1, 0.15) is 6.10 Å². The topological polar surface area (TPSA) is 143 Å². The van der Waals surface area contributed by atoms with Gasteiger partial charge in [-0.3, -0.25) is 4.57 Å². The summed E-state index contributed by atoms with van der Waals surface area (Å²) in [5, 5.41) is 14.5. The number of rotatable bonds is 10. The molecule has 1 saturated carbocycles.